The van der Waals surface area contributed by atoms with Crippen LogP contribution in [0.2, 0.25) is 0 Å². The molecule has 0 spiro atoms. The normalized spacial score (nSPS) is 43.4. The maximum absolute atomic E-state index is 12.0. The number of aliphatic hydroxyl groups is 6. The SMILES string of the molecule is CO[C@@H]1OC(COS(=O)(=O)O)[C@H](O[C@H]2C[C@H](O)[C@@H](O[C@@H]3OC(C)[C@H](O[C@@H]4OC[C@H](O[C@@H]5OC(COS(=O)(=O)O)[C@H](O)[C@H](O)C5NS(=O)(=O)O)[C@H](O)C4O)CC3NS(=O)(=O)O)CO2)[C@H](O)C1N. The lowest BCUT2D eigenvalue weighted by Crippen LogP contribution is -2.66. The second-order valence-corrected chi connectivity index (χ2v) is 20.0. The van der Waals surface area contributed by atoms with Crippen LogP contribution in [-0.4, -0.2) is 245 Å². The highest BCUT2D eigenvalue weighted by Crippen LogP contribution is 2.33. The molecule has 0 amide bonds. The number of rotatable bonds is 19. The summed E-state index contributed by atoms with van der Waals surface area (Å²) in [7, 11) is -19.1. The molecule has 33 nitrogen and oxygen atoms in total. The fourth-order valence-electron chi connectivity index (χ4n) is 7.43. The Labute approximate surface area is 376 Å². The summed E-state index contributed by atoms with van der Waals surface area (Å²) in [6.07, 6.45) is -30.3. The van der Waals surface area contributed by atoms with Crippen molar-refractivity contribution < 1.29 is 138 Å². The van der Waals surface area contributed by atoms with Gasteiger partial charge in [-0.3, -0.25) is 18.2 Å². The average Bonchev–Trinajstić information content (AvgIpc) is 3.19. The van der Waals surface area contributed by atoms with Gasteiger partial charge in [0, 0.05) is 13.5 Å². The van der Waals surface area contributed by atoms with Crippen molar-refractivity contribution >= 4 is 41.4 Å². The van der Waals surface area contributed by atoms with Gasteiger partial charge in [-0.1, -0.05) is 0 Å². The van der Waals surface area contributed by atoms with Gasteiger partial charge < -0.3 is 83.7 Å². The first kappa shape index (κ1) is 55.7. The number of nitrogens with one attached hydrogen (secondary N) is 2. The van der Waals surface area contributed by atoms with Gasteiger partial charge in [0.1, 0.15) is 67.1 Å². The first-order valence-electron chi connectivity index (χ1n) is 19.3. The van der Waals surface area contributed by atoms with Crippen molar-refractivity contribution in [2.45, 2.75) is 149 Å². The number of ether oxygens (including phenoxy) is 10. The second-order valence-electron chi connectivity index (χ2n) is 15.4. The van der Waals surface area contributed by atoms with E-state index in [1.165, 1.54) is 18.8 Å². The third kappa shape index (κ3) is 15.4. The van der Waals surface area contributed by atoms with Crippen LogP contribution in [0.3, 0.4) is 0 Å². The Hall–Kier alpha value is -1.20. The minimum atomic E-state index is -5.17. The topological polar surface area (TPSA) is 500 Å². The predicted molar refractivity (Wildman–Crippen MR) is 203 cm³/mol. The second kappa shape index (κ2) is 22.5. The summed E-state index contributed by atoms with van der Waals surface area (Å²) in [6, 6.07) is -4.79. The summed E-state index contributed by atoms with van der Waals surface area (Å²) in [5, 5.41) is 64.9. The van der Waals surface area contributed by atoms with Crippen molar-refractivity contribution in [2.24, 2.45) is 5.73 Å². The Balaban J connectivity index is 1.20. The molecule has 0 saturated carbocycles. The molecule has 388 valence electrons. The summed E-state index contributed by atoms with van der Waals surface area (Å²) >= 11 is 0. The summed E-state index contributed by atoms with van der Waals surface area (Å²) < 4.78 is 197. The Morgan fingerprint density at radius 2 is 1.15 bits per heavy atom. The molecule has 0 aromatic carbocycles. The average molecular weight is 1050 g/mol. The van der Waals surface area contributed by atoms with Gasteiger partial charge in [-0.25, -0.2) is 8.37 Å². The van der Waals surface area contributed by atoms with E-state index in [9.17, 15) is 73.4 Å². The summed E-state index contributed by atoms with van der Waals surface area (Å²) in [5.74, 6) is 0. The van der Waals surface area contributed by atoms with Gasteiger partial charge >= 0.3 is 41.4 Å². The van der Waals surface area contributed by atoms with Gasteiger partial charge in [0.25, 0.3) is 0 Å². The molecule has 5 saturated heterocycles. The Morgan fingerprint density at radius 1 is 0.591 bits per heavy atom. The largest absolute Gasteiger partial charge is 0.397 e. The molecule has 0 aromatic heterocycles. The van der Waals surface area contributed by atoms with Gasteiger partial charge in [-0.05, 0) is 13.3 Å². The Kier molecular flexibility index (Phi) is 19.0. The van der Waals surface area contributed by atoms with Gasteiger partial charge in [-0.15, -0.1) is 0 Å². The fraction of sp³-hybridized carbons (Fsp3) is 1.00. The third-order valence-corrected chi connectivity index (χ3v) is 12.7. The number of hydrogen-bond acceptors (Lipinski definition) is 27. The van der Waals surface area contributed by atoms with E-state index in [0.29, 0.717) is 0 Å². The molecule has 21 atom stereocenters. The monoisotopic (exact) mass is 1050 g/mol. The molecule has 37 heteroatoms. The van der Waals surface area contributed by atoms with E-state index in [1.54, 1.807) is 0 Å². The Bertz CT molecular complexity index is 2040. The number of methoxy groups -OCH3 is 1. The molecule has 5 rings (SSSR count). The van der Waals surface area contributed by atoms with Crippen LogP contribution in [0.1, 0.15) is 19.8 Å². The third-order valence-electron chi connectivity index (χ3n) is 10.7. The molecule has 5 aliphatic rings. The van der Waals surface area contributed by atoms with Crippen LogP contribution in [-0.2, 0) is 97.1 Å². The van der Waals surface area contributed by atoms with Crippen molar-refractivity contribution in [3.63, 3.8) is 0 Å². The van der Waals surface area contributed by atoms with E-state index in [2.05, 4.69) is 8.37 Å². The van der Waals surface area contributed by atoms with Crippen LogP contribution in [0, 0.1) is 0 Å². The Morgan fingerprint density at radius 3 is 1.73 bits per heavy atom. The molecule has 5 fully saturated rings. The highest BCUT2D eigenvalue weighted by atomic mass is 32.3. The molecule has 0 bridgehead atoms. The molecule has 5 aliphatic heterocycles. The van der Waals surface area contributed by atoms with E-state index in [4.69, 9.17) is 62.2 Å². The fourth-order valence-corrected chi connectivity index (χ4v) is 9.23. The smallest absolute Gasteiger partial charge is 0.390 e. The van der Waals surface area contributed by atoms with E-state index in [-0.39, 0.29) is 0 Å². The van der Waals surface area contributed by atoms with E-state index >= 15 is 0 Å². The van der Waals surface area contributed by atoms with Crippen LogP contribution in [0.4, 0.5) is 0 Å². The molecule has 14 N–H and O–H groups in total. The van der Waals surface area contributed by atoms with Crippen LogP contribution < -0.4 is 15.2 Å². The quantitative estimate of drug-likeness (QED) is 0.0534. The van der Waals surface area contributed by atoms with E-state index in [0.717, 1.165) is 0 Å². The van der Waals surface area contributed by atoms with E-state index < -0.39 is 210 Å². The van der Waals surface area contributed by atoms with Crippen molar-refractivity contribution in [1.82, 2.24) is 9.44 Å². The molecule has 5 heterocycles. The lowest BCUT2D eigenvalue weighted by Gasteiger charge is -2.46. The molecule has 7 unspecified atom stereocenters. The first-order valence-corrected chi connectivity index (χ1v) is 25.0. The maximum Gasteiger partial charge on any atom is 0.397 e. The molecule has 0 aromatic rings. The minimum Gasteiger partial charge on any atom is -0.390 e. The molecule has 0 aliphatic carbocycles. The summed E-state index contributed by atoms with van der Waals surface area (Å²) in [4.78, 5) is 0. The van der Waals surface area contributed by atoms with Gasteiger partial charge in [-0.2, -0.15) is 43.1 Å². The van der Waals surface area contributed by atoms with Gasteiger partial charge in [0.15, 0.2) is 31.5 Å². The number of nitrogens with two attached hydrogens (primary N) is 1. The molecular formula is C29H53N3O30S4. The number of aliphatic hydroxyl groups excluding tert-OH is 6. The molecule has 0 radical (unpaired) electrons. The maximum atomic E-state index is 12.0. The predicted octanol–water partition coefficient (Wildman–Crippen LogP) is -8.49. The van der Waals surface area contributed by atoms with Crippen molar-refractivity contribution in [3.8, 4) is 0 Å². The van der Waals surface area contributed by atoms with Gasteiger partial charge in [0.2, 0.25) is 0 Å². The van der Waals surface area contributed by atoms with Crippen LogP contribution in [0.5, 0.6) is 0 Å². The van der Waals surface area contributed by atoms with Gasteiger partial charge in [0.05, 0.1) is 56.8 Å². The standard InChI is InChI=1S/C29H53N3O30S4/c1-9-12(57-29-24(38)21(35)14(6-53-29)59-28-19(32-64(42,43)44)23(37)20(34)15(60-28)7-54-65(45,46)47)3-10(31-63(39,40)41)26(56-9)58-13-5-52-17(4-11(13)33)62-25-16(8-55-66(48,49)50)61-27(51-2)18(30)22(25)36/h9-29,31-38H,3-8,30H2,1-2H3,(H,39,40,41)(H,42,43,44)(H,45,46,47)(H,48,49,50)/t9?,10?,11-,12+,13-,14-,15?,16?,17-,18?,19?,20-,21-,22+,23+,24?,25-,26-,27+,28+,29-/m0/s1. The van der Waals surface area contributed by atoms with Crippen LogP contribution in [0.15, 0.2) is 0 Å². The zero-order chi connectivity index (χ0) is 49.3. The van der Waals surface area contributed by atoms with E-state index in [1.807, 2.05) is 4.72 Å². The lowest BCUT2D eigenvalue weighted by atomic mass is 9.97. The zero-order valence-corrected chi connectivity index (χ0v) is 37.5. The van der Waals surface area contributed by atoms with Crippen LogP contribution >= 0.6 is 0 Å². The molecule has 66 heavy (non-hydrogen) atoms. The lowest BCUT2D eigenvalue weighted by molar-refractivity contribution is -0.345. The molecular weight excluding hydrogens is 999 g/mol. The van der Waals surface area contributed by atoms with Crippen molar-refractivity contribution in [3.05, 3.63) is 0 Å². The van der Waals surface area contributed by atoms with Crippen molar-refractivity contribution in [2.75, 3.05) is 33.5 Å². The summed E-state index contributed by atoms with van der Waals surface area (Å²) in [6.45, 7) is -1.81. The highest BCUT2D eigenvalue weighted by molar-refractivity contribution is 7.84. The van der Waals surface area contributed by atoms with Crippen molar-refractivity contribution in [1.29, 1.82) is 0 Å². The highest BCUT2D eigenvalue weighted by Gasteiger charge is 2.52. The number of hydrogen-bond donors (Lipinski definition) is 13. The summed E-state index contributed by atoms with van der Waals surface area (Å²) in [5.41, 5.74) is 5.97. The minimum absolute atomic E-state index is 0.396. The van der Waals surface area contributed by atoms with Crippen LogP contribution in [0.25, 0.3) is 0 Å². The first-order chi connectivity index (χ1) is 30.4. The zero-order valence-electron chi connectivity index (χ0n) is 34.2.